The third kappa shape index (κ3) is 4.30. The van der Waals surface area contributed by atoms with Crippen LogP contribution in [0.2, 0.25) is 5.02 Å². The third-order valence-electron chi connectivity index (χ3n) is 4.65. The van der Waals surface area contributed by atoms with Crippen LogP contribution in [0.3, 0.4) is 0 Å². The molecule has 8 heteroatoms. The Balaban J connectivity index is 1.94. The predicted octanol–water partition coefficient (Wildman–Crippen LogP) is 4.89. The summed E-state index contributed by atoms with van der Waals surface area (Å²) in [6, 6.07) is 9.07. The smallest absolute Gasteiger partial charge is 0.324 e. The second-order valence-corrected chi connectivity index (χ2v) is 7.05. The number of rotatable bonds is 4. The Morgan fingerprint density at radius 2 is 1.86 bits per heavy atom. The molecular formula is C20H18ClF3N2O2. The molecule has 28 heavy (non-hydrogen) atoms. The van der Waals surface area contributed by atoms with Gasteiger partial charge in [-0.2, -0.15) is 13.2 Å². The molecule has 0 aliphatic carbocycles. The van der Waals surface area contributed by atoms with Crippen LogP contribution in [0.15, 0.2) is 42.5 Å². The van der Waals surface area contributed by atoms with E-state index in [2.05, 4.69) is 0 Å². The van der Waals surface area contributed by atoms with Gasteiger partial charge in [0.15, 0.2) is 0 Å². The van der Waals surface area contributed by atoms with E-state index in [1.165, 1.54) is 4.90 Å². The van der Waals surface area contributed by atoms with Crippen molar-refractivity contribution in [2.24, 2.45) is 0 Å². The summed E-state index contributed by atoms with van der Waals surface area (Å²) in [5.74, 6) is -0.572. The molecule has 0 bridgehead atoms. The molecule has 3 rings (SSSR count). The lowest BCUT2D eigenvalue weighted by Gasteiger charge is -2.28. The molecule has 1 heterocycles. The molecule has 0 unspecified atom stereocenters. The van der Waals surface area contributed by atoms with E-state index in [4.69, 9.17) is 11.6 Å². The summed E-state index contributed by atoms with van der Waals surface area (Å²) < 4.78 is 38.4. The molecule has 2 aromatic carbocycles. The first-order valence-electron chi connectivity index (χ1n) is 8.70. The molecular weight excluding hydrogens is 393 g/mol. The summed E-state index contributed by atoms with van der Waals surface area (Å²) in [7, 11) is 0. The number of carbonyl (C=O) groups excluding carboxylic acids is 2. The zero-order chi connectivity index (χ0) is 20.5. The number of halogens is 4. The zero-order valence-corrected chi connectivity index (χ0v) is 15.8. The van der Waals surface area contributed by atoms with Gasteiger partial charge in [-0.25, -0.2) is 0 Å². The second-order valence-electron chi connectivity index (χ2n) is 6.64. The number of aryl methyl sites for hydroxylation is 1. The van der Waals surface area contributed by atoms with E-state index in [9.17, 15) is 22.8 Å². The summed E-state index contributed by atoms with van der Waals surface area (Å²) in [4.78, 5) is 28.0. The summed E-state index contributed by atoms with van der Waals surface area (Å²) >= 11 is 6.18. The van der Waals surface area contributed by atoms with Crippen molar-refractivity contribution in [3.05, 3.63) is 64.2 Å². The van der Waals surface area contributed by atoms with Crippen molar-refractivity contribution in [3.63, 3.8) is 0 Å². The molecule has 0 N–H and O–H groups in total. The highest BCUT2D eigenvalue weighted by molar-refractivity contribution is 6.31. The van der Waals surface area contributed by atoms with Gasteiger partial charge in [0, 0.05) is 29.2 Å². The van der Waals surface area contributed by atoms with Crippen LogP contribution in [0, 0.1) is 6.92 Å². The van der Waals surface area contributed by atoms with Crippen LogP contribution >= 0.6 is 11.6 Å². The zero-order valence-electron chi connectivity index (χ0n) is 15.1. The minimum Gasteiger partial charge on any atom is -0.324 e. The molecule has 1 saturated heterocycles. The normalized spacial score (nSPS) is 14.5. The minimum absolute atomic E-state index is 0.0120. The highest BCUT2D eigenvalue weighted by Gasteiger charge is 2.31. The van der Waals surface area contributed by atoms with Crippen molar-refractivity contribution >= 4 is 29.1 Å². The van der Waals surface area contributed by atoms with E-state index in [-0.39, 0.29) is 18.1 Å². The highest BCUT2D eigenvalue weighted by atomic mass is 35.5. The molecule has 2 aromatic rings. The van der Waals surface area contributed by atoms with Gasteiger partial charge in [-0.3, -0.25) is 14.5 Å². The Kier molecular flexibility index (Phi) is 5.65. The van der Waals surface area contributed by atoms with Crippen LogP contribution in [0.4, 0.5) is 18.9 Å². The maximum absolute atomic E-state index is 13.1. The summed E-state index contributed by atoms with van der Waals surface area (Å²) in [6.45, 7) is 2.35. The van der Waals surface area contributed by atoms with Crippen LogP contribution in [0.1, 0.15) is 34.3 Å². The SMILES string of the molecule is Cc1ccc(N(CN2CCCC2=O)C(=O)c2ccc(C(F)(F)F)cc2)cc1Cl. The Morgan fingerprint density at radius 3 is 2.39 bits per heavy atom. The molecule has 2 amide bonds. The maximum atomic E-state index is 13.1. The minimum atomic E-state index is -4.48. The third-order valence-corrected chi connectivity index (χ3v) is 5.06. The van der Waals surface area contributed by atoms with Crippen LogP contribution in [-0.4, -0.2) is 29.9 Å². The fraction of sp³-hybridized carbons (Fsp3) is 0.300. The molecule has 148 valence electrons. The van der Waals surface area contributed by atoms with Gasteiger partial charge in [0.05, 0.1) is 5.56 Å². The van der Waals surface area contributed by atoms with Gasteiger partial charge >= 0.3 is 6.18 Å². The van der Waals surface area contributed by atoms with E-state index in [1.54, 1.807) is 23.1 Å². The first-order valence-corrected chi connectivity index (χ1v) is 9.07. The van der Waals surface area contributed by atoms with Gasteiger partial charge in [-0.1, -0.05) is 17.7 Å². The lowest BCUT2D eigenvalue weighted by molar-refractivity contribution is -0.137. The number of alkyl halides is 3. The van der Waals surface area contributed by atoms with Crippen molar-refractivity contribution in [1.29, 1.82) is 0 Å². The van der Waals surface area contributed by atoms with Gasteiger partial charge in [-0.15, -0.1) is 0 Å². The largest absolute Gasteiger partial charge is 0.416 e. The maximum Gasteiger partial charge on any atom is 0.416 e. The molecule has 1 aliphatic rings. The lowest BCUT2D eigenvalue weighted by atomic mass is 10.1. The fourth-order valence-electron chi connectivity index (χ4n) is 2.99. The fourth-order valence-corrected chi connectivity index (χ4v) is 3.17. The van der Waals surface area contributed by atoms with E-state index < -0.39 is 17.6 Å². The van der Waals surface area contributed by atoms with Crippen LogP contribution in [0.25, 0.3) is 0 Å². The predicted molar refractivity (Wildman–Crippen MR) is 100 cm³/mol. The molecule has 0 saturated carbocycles. The number of hydrogen-bond donors (Lipinski definition) is 0. The summed E-state index contributed by atoms with van der Waals surface area (Å²) in [6.07, 6.45) is -3.36. The lowest BCUT2D eigenvalue weighted by Crippen LogP contribution is -2.42. The Morgan fingerprint density at radius 1 is 1.18 bits per heavy atom. The monoisotopic (exact) mass is 410 g/mol. The van der Waals surface area contributed by atoms with E-state index in [1.807, 2.05) is 6.92 Å². The average Bonchev–Trinajstić information content (AvgIpc) is 3.05. The van der Waals surface area contributed by atoms with Crippen molar-refractivity contribution in [1.82, 2.24) is 4.90 Å². The van der Waals surface area contributed by atoms with Gasteiger partial charge in [0.2, 0.25) is 5.91 Å². The molecule has 0 spiro atoms. The molecule has 0 radical (unpaired) electrons. The van der Waals surface area contributed by atoms with E-state index in [0.717, 1.165) is 29.8 Å². The Bertz CT molecular complexity index is 897. The Labute approximate surface area is 165 Å². The molecule has 4 nitrogen and oxygen atoms in total. The number of likely N-dealkylation sites (tertiary alicyclic amines) is 1. The second kappa shape index (κ2) is 7.83. The van der Waals surface area contributed by atoms with Crippen molar-refractivity contribution < 1.29 is 22.8 Å². The van der Waals surface area contributed by atoms with E-state index >= 15 is 0 Å². The van der Waals surface area contributed by atoms with Gasteiger partial charge in [0.25, 0.3) is 5.91 Å². The number of amides is 2. The highest BCUT2D eigenvalue weighted by Crippen LogP contribution is 2.30. The van der Waals surface area contributed by atoms with E-state index in [0.29, 0.717) is 30.1 Å². The van der Waals surface area contributed by atoms with Crippen molar-refractivity contribution in [2.75, 3.05) is 18.1 Å². The van der Waals surface area contributed by atoms with Gasteiger partial charge in [-0.05, 0) is 55.3 Å². The number of anilines is 1. The van der Waals surface area contributed by atoms with Crippen LogP contribution in [0.5, 0.6) is 0 Å². The number of hydrogen-bond acceptors (Lipinski definition) is 2. The van der Waals surface area contributed by atoms with Crippen LogP contribution < -0.4 is 4.90 Å². The standard InChI is InChI=1S/C20H18ClF3N2O2/c1-13-4-9-16(11-17(13)21)26(12-25-10-2-3-18(25)27)19(28)14-5-7-15(8-6-14)20(22,23)24/h4-9,11H,2-3,10,12H2,1H3. The number of carbonyl (C=O) groups is 2. The Hall–Kier alpha value is -2.54. The van der Waals surface area contributed by atoms with Crippen molar-refractivity contribution in [2.45, 2.75) is 25.9 Å². The average molecular weight is 411 g/mol. The first kappa shape index (κ1) is 20.2. The van der Waals surface area contributed by atoms with Gasteiger partial charge in [0.1, 0.15) is 6.67 Å². The quantitative estimate of drug-likeness (QED) is 0.719. The molecule has 1 fully saturated rings. The summed E-state index contributed by atoms with van der Waals surface area (Å²) in [5, 5.41) is 0.454. The first-order chi connectivity index (χ1) is 13.2. The van der Waals surface area contributed by atoms with Crippen molar-refractivity contribution in [3.8, 4) is 0 Å². The van der Waals surface area contributed by atoms with Crippen LogP contribution in [-0.2, 0) is 11.0 Å². The summed E-state index contributed by atoms with van der Waals surface area (Å²) in [5.41, 5.74) is 0.560. The van der Waals surface area contributed by atoms with Gasteiger partial charge < -0.3 is 4.90 Å². The number of benzene rings is 2. The molecule has 0 atom stereocenters. The number of nitrogens with zero attached hydrogens (tertiary/aromatic N) is 2. The molecule has 1 aliphatic heterocycles. The molecule has 0 aromatic heterocycles. The topological polar surface area (TPSA) is 40.6 Å².